The van der Waals surface area contributed by atoms with Crippen molar-refractivity contribution in [2.45, 2.75) is 39.0 Å². The van der Waals surface area contributed by atoms with Crippen molar-refractivity contribution in [3.63, 3.8) is 0 Å². The predicted octanol–water partition coefficient (Wildman–Crippen LogP) is 4.46. The number of aryl methyl sites for hydroxylation is 1. The highest BCUT2D eigenvalue weighted by atomic mass is 19.4. The van der Waals surface area contributed by atoms with Crippen LogP contribution in [-0.2, 0) is 4.74 Å². The molecule has 2 aliphatic heterocycles. The number of nitrogens with one attached hydrogen (secondary N) is 1. The number of halogens is 3. The fraction of sp³-hybridized carbons (Fsp3) is 0.538. The Morgan fingerprint density at radius 1 is 1.24 bits per heavy atom. The number of pyridine rings is 1. The van der Waals surface area contributed by atoms with E-state index in [0.717, 1.165) is 22.5 Å². The maximum atomic E-state index is 12.8. The summed E-state index contributed by atoms with van der Waals surface area (Å²) in [5, 5.41) is 12.3. The third-order valence-electron chi connectivity index (χ3n) is 6.60. The van der Waals surface area contributed by atoms with E-state index >= 15 is 0 Å². The van der Waals surface area contributed by atoms with Crippen LogP contribution in [0.4, 0.5) is 29.5 Å². The van der Waals surface area contributed by atoms with Crippen LogP contribution in [0.15, 0.2) is 30.3 Å². The van der Waals surface area contributed by atoms with Crippen LogP contribution in [0, 0.1) is 12.8 Å². The maximum Gasteiger partial charge on any atom is 0.389 e. The quantitative estimate of drug-likeness (QED) is 0.559. The molecule has 2 fully saturated rings. The average molecular weight is 523 g/mol. The van der Waals surface area contributed by atoms with Gasteiger partial charge in [0, 0.05) is 44.4 Å². The first-order valence-corrected chi connectivity index (χ1v) is 12.5. The minimum atomic E-state index is -4.23. The van der Waals surface area contributed by atoms with Crippen LogP contribution in [0.3, 0.4) is 0 Å². The minimum Gasteiger partial charge on any atom is -0.472 e. The van der Waals surface area contributed by atoms with Crippen molar-refractivity contribution in [3.05, 3.63) is 35.9 Å². The standard InChI is InChI=1S/C26H33F3N4O4/c1-17-3-4-21(30-25(35)33-6-5-19(15-33)14-26(27,28)29)13-22(17)20-11-23(32-7-9-36-10-8-32)31-24(12-20)37-18(2)16-34/h3-4,11-13,18-19,34H,5-10,14-16H2,1-2H3,(H,30,35)/t18-,19+/m0/s1. The summed E-state index contributed by atoms with van der Waals surface area (Å²) in [6.07, 6.45) is -5.21. The second-order valence-electron chi connectivity index (χ2n) is 9.64. The molecule has 4 rings (SSSR count). The first-order valence-electron chi connectivity index (χ1n) is 12.5. The Morgan fingerprint density at radius 2 is 2.00 bits per heavy atom. The summed E-state index contributed by atoms with van der Waals surface area (Å²) >= 11 is 0. The van der Waals surface area contributed by atoms with Crippen molar-refractivity contribution in [2.75, 3.05) is 56.2 Å². The van der Waals surface area contributed by atoms with Gasteiger partial charge in [-0.05, 0) is 61.1 Å². The van der Waals surface area contributed by atoms with Gasteiger partial charge in [0.2, 0.25) is 5.88 Å². The van der Waals surface area contributed by atoms with Crippen molar-refractivity contribution >= 4 is 17.5 Å². The molecule has 0 spiro atoms. The molecule has 0 aliphatic carbocycles. The van der Waals surface area contributed by atoms with Crippen molar-refractivity contribution < 1.29 is 32.5 Å². The molecule has 2 N–H and O–H groups in total. The number of aliphatic hydroxyl groups excluding tert-OH is 1. The summed E-state index contributed by atoms with van der Waals surface area (Å²) in [4.78, 5) is 21.0. The van der Waals surface area contributed by atoms with Crippen molar-refractivity contribution in [3.8, 4) is 17.0 Å². The van der Waals surface area contributed by atoms with Gasteiger partial charge in [0.1, 0.15) is 11.9 Å². The second kappa shape index (κ2) is 11.6. The van der Waals surface area contributed by atoms with Gasteiger partial charge in [-0.15, -0.1) is 0 Å². The normalized spacial score (nSPS) is 19.1. The monoisotopic (exact) mass is 522 g/mol. The number of rotatable bonds is 7. The summed E-state index contributed by atoms with van der Waals surface area (Å²) in [7, 11) is 0. The number of aliphatic hydroxyl groups is 1. The number of ether oxygens (including phenoxy) is 2. The van der Waals surface area contributed by atoms with Crippen LogP contribution in [-0.4, -0.2) is 79.3 Å². The van der Waals surface area contributed by atoms with Crippen LogP contribution in [0.25, 0.3) is 11.1 Å². The Hall–Kier alpha value is -3.05. The number of aromatic nitrogens is 1. The zero-order valence-electron chi connectivity index (χ0n) is 21.1. The molecule has 11 heteroatoms. The summed E-state index contributed by atoms with van der Waals surface area (Å²) in [6, 6.07) is 8.84. The van der Waals surface area contributed by atoms with Gasteiger partial charge in [0.05, 0.1) is 19.8 Å². The van der Waals surface area contributed by atoms with Crippen molar-refractivity contribution in [1.82, 2.24) is 9.88 Å². The number of carbonyl (C=O) groups excluding carboxylic acids is 1. The van der Waals surface area contributed by atoms with Gasteiger partial charge >= 0.3 is 12.2 Å². The van der Waals surface area contributed by atoms with E-state index in [4.69, 9.17) is 9.47 Å². The molecule has 2 aromatic rings. The third kappa shape index (κ3) is 7.26. The molecule has 2 aliphatic rings. The number of likely N-dealkylation sites (tertiary alicyclic amines) is 1. The molecule has 2 atom stereocenters. The van der Waals surface area contributed by atoms with Gasteiger partial charge in [0.15, 0.2) is 0 Å². The Labute approximate surface area is 214 Å². The smallest absolute Gasteiger partial charge is 0.389 e. The Balaban J connectivity index is 1.55. The molecule has 0 unspecified atom stereocenters. The van der Waals surface area contributed by atoms with E-state index in [1.807, 2.05) is 25.1 Å². The van der Waals surface area contributed by atoms with Gasteiger partial charge in [-0.1, -0.05) is 6.07 Å². The minimum absolute atomic E-state index is 0.0844. The number of alkyl halides is 3. The molecule has 0 bridgehead atoms. The SMILES string of the molecule is Cc1ccc(NC(=O)N2CC[C@H](CC(F)(F)F)C2)cc1-c1cc(O[C@@H](C)CO)nc(N2CCOCC2)c1. The molecule has 202 valence electrons. The van der Waals surface area contributed by atoms with Crippen LogP contribution in [0.5, 0.6) is 5.88 Å². The summed E-state index contributed by atoms with van der Waals surface area (Å²) < 4.78 is 49.5. The highest BCUT2D eigenvalue weighted by molar-refractivity contribution is 5.90. The van der Waals surface area contributed by atoms with E-state index in [0.29, 0.717) is 50.8 Å². The maximum absolute atomic E-state index is 12.8. The largest absolute Gasteiger partial charge is 0.472 e. The molecule has 1 aromatic heterocycles. The molecular weight excluding hydrogens is 489 g/mol. The fourth-order valence-electron chi connectivity index (χ4n) is 4.63. The van der Waals surface area contributed by atoms with E-state index in [1.165, 1.54) is 4.90 Å². The lowest BCUT2D eigenvalue weighted by Crippen LogP contribution is -2.36. The highest BCUT2D eigenvalue weighted by Gasteiger charge is 2.36. The molecule has 2 amide bonds. The second-order valence-corrected chi connectivity index (χ2v) is 9.64. The average Bonchev–Trinajstić information content (AvgIpc) is 3.32. The van der Waals surface area contributed by atoms with Gasteiger partial charge in [-0.3, -0.25) is 0 Å². The van der Waals surface area contributed by atoms with Gasteiger partial charge < -0.3 is 29.7 Å². The number of carbonyl (C=O) groups is 1. The van der Waals surface area contributed by atoms with E-state index in [-0.39, 0.29) is 13.2 Å². The number of hydrogen-bond acceptors (Lipinski definition) is 6. The van der Waals surface area contributed by atoms with E-state index < -0.39 is 30.7 Å². The Kier molecular flexibility index (Phi) is 8.43. The molecular formula is C26H33F3N4O4. The van der Waals surface area contributed by atoms with Crippen molar-refractivity contribution in [1.29, 1.82) is 0 Å². The van der Waals surface area contributed by atoms with Crippen LogP contribution in [0.2, 0.25) is 0 Å². The molecule has 37 heavy (non-hydrogen) atoms. The zero-order valence-corrected chi connectivity index (χ0v) is 21.1. The molecule has 1 aromatic carbocycles. The number of nitrogens with zero attached hydrogens (tertiary/aromatic N) is 3. The van der Waals surface area contributed by atoms with Gasteiger partial charge in [-0.2, -0.15) is 18.2 Å². The molecule has 0 saturated carbocycles. The lowest BCUT2D eigenvalue weighted by atomic mass is 10.00. The number of anilines is 2. The number of amides is 2. The highest BCUT2D eigenvalue weighted by Crippen LogP contribution is 2.33. The van der Waals surface area contributed by atoms with Gasteiger partial charge in [0.25, 0.3) is 0 Å². The predicted molar refractivity (Wildman–Crippen MR) is 134 cm³/mol. The topological polar surface area (TPSA) is 87.2 Å². The fourth-order valence-corrected chi connectivity index (χ4v) is 4.63. The van der Waals surface area contributed by atoms with Crippen LogP contribution < -0.4 is 15.0 Å². The Bertz CT molecular complexity index is 1090. The molecule has 0 radical (unpaired) electrons. The van der Waals surface area contributed by atoms with Crippen molar-refractivity contribution in [2.24, 2.45) is 5.92 Å². The van der Waals surface area contributed by atoms with E-state index in [1.54, 1.807) is 19.1 Å². The summed E-state index contributed by atoms with van der Waals surface area (Å²) in [5.74, 6) is 0.527. The first kappa shape index (κ1) is 27.0. The number of benzene rings is 1. The lowest BCUT2D eigenvalue weighted by Gasteiger charge is -2.28. The van der Waals surface area contributed by atoms with Crippen LogP contribution >= 0.6 is 0 Å². The summed E-state index contributed by atoms with van der Waals surface area (Å²) in [5.41, 5.74) is 3.19. The van der Waals surface area contributed by atoms with E-state index in [2.05, 4.69) is 15.2 Å². The number of morpholine rings is 1. The Morgan fingerprint density at radius 3 is 2.70 bits per heavy atom. The number of urea groups is 1. The first-order chi connectivity index (χ1) is 17.6. The zero-order chi connectivity index (χ0) is 26.6. The molecule has 2 saturated heterocycles. The lowest BCUT2D eigenvalue weighted by molar-refractivity contribution is -0.143. The van der Waals surface area contributed by atoms with Crippen LogP contribution in [0.1, 0.15) is 25.3 Å². The number of hydrogen-bond donors (Lipinski definition) is 2. The molecule has 3 heterocycles. The molecule has 8 nitrogen and oxygen atoms in total. The van der Waals surface area contributed by atoms with Gasteiger partial charge in [-0.25, -0.2) is 4.79 Å². The summed E-state index contributed by atoms with van der Waals surface area (Å²) in [6.45, 7) is 6.49. The third-order valence-corrected chi connectivity index (χ3v) is 6.60. The van der Waals surface area contributed by atoms with E-state index in [9.17, 15) is 23.1 Å².